The monoisotopic (exact) mass is 395 g/mol. The van der Waals surface area contributed by atoms with Gasteiger partial charge in [-0.1, -0.05) is 13.8 Å². The molecule has 1 aliphatic rings. The molecule has 1 amide bonds. The van der Waals surface area contributed by atoms with Gasteiger partial charge in [0.05, 0.1) is 11.5 Å². The van der Waals surface area contributed by atoms with Crippen LogP contribution in [0.25, 0.3) is 0 Å². The second-order valence-electron chi connectivity index (χ2n) is 7.19. The number of ketones is 1. The van der Waals surface area contributed by atoms with Gasteiger partial charge in [-0.05, 0) is 43.5 Å². The molecular weight excluding hydrogens is 370 g/mol. The van der Waals surface area contributed by atoms with Crippen molar-refractivity contribution >= 4 is 33.2 Å². The van der Waals surface area contributed by atoms with Crippen molar-refractivity contribution < 1.29 is 27.5 Å². The van der Waals surface area contributed by atoms with Crippen LogP contribution in [0.4, 0.5) is 5.69 Å². The van der Waals surface area contributed by atoms with Gasteiger partial charge in [0.2, 0.25) is 11.7 Å². The Morgan fingerprint density at radius 3 is 2.30 bits per heavy atom. The Labute approximate surface area is 159 Å². The molecular formula is C19H25NO6S. The van der Waals surface area contributed by atoms with Crippen LogP contribution in [0.5, 0.6) is 0 Å². The lowest BCUT2D eigenvalue weighted by Gasteiger charge is -2.14. The number of anilines is 1. The summed E-state index contributed by atoms with van der Waals surface area (Å²) in [5, 5.41) is 2.73. The average molecular weight is 395 g/mol. The van der Waals surface area contributed by atoms with Crippen molar-refractivity contribution in [2.75, 3.05) is 16.8 Å². The molecule has 0 bridgehead atoms. The molecule has 0 aliphatic carbocycles. The second kappa shape index (κ2) is 8.65. The van der Waals surface area contributed by atoms with Crippen LogP contribution in [0.15, 0.2) is 24.3 Å². The Morgan fingerprint density at radius 2 is 1.78 bits per heavy atom. The Hall–Kier alpha value is -2.22. The largest absolute Gasteiger partial charge is 0.454 e. The van der Waals surface area contributed by atoms with Crippen LogP contribution in [-0.4, -0.2) is 43.7 Å². The molecule has 0 unspecified atom stereocenters. The van der Waals surface area contributed by atoms with Crippen LogP contribution in [-0.2, 0) is 24.2 Å². The number of carbonyl (C=O) groups is 3. The first kappa shape index (κ1) is 21.1. The summed E-state index contributed by atoms with van der Waals surface area (Å²) >= 11 is 0. The lowest BCUT2D eigenvalue weighted by molar-refractivity contribution is -0.147. The highest BCUT2D eigenvalue weighted by Crippen LogP contribution is 2.22. The van der Waals surface area contributed by atoms with E-state index >= 15 is 0 Å². The standard InChI is InChI=1S/C19H25NO6S/c1-12(2)19(23)20-16-6-4-15(5-7-16)18(22)13(3)26-17(21)10-14-8-9-27(24,25)11-14/h4-7,12-14H,8-11H2,1-3H3,(H,20,23)/t13-,14-/m0/s1. The third-order valence-electron chi connectivity index (χ3n) is 4.42. The molecule has 1 saturated heterocycles. The van der Waals surface area contributed by atoms with Crippen molar-refractivity contribution in [3.63, 3.8) is 0 Å². The Morgan fingerprint density at radius 1 is 1.15 bits per heavy atom. The van der Waals surface area contributed by atoms with Crippen LogP contribution in [0, 0.1) is 11.8 Å². The summed E-state index contributed by atoms with van der Waals surface area (Å²) in [5.41, 5.74) is 0.943. The highest BCUT2D eigenvalue weighted by atomic mass is 32.2. The number of benzene rings is 1. The minimum absolute atomic E-state index is 0.00295. The van der Waals surface area contributed by atoms with Crippen molar-refractivity contribution in [1.82, 2.24) is 0 Å². The molecule has 0 saturated carbocycles. The number of Topliss-reactive ketones (excluding diaryl/α,β-unsaturated/α-hetero) is 1. The van der Waals surface area contributed by atoms with Gasteiger partial charge in [0, 0.05) is 23.6 Å². The number of carbonyl (C=O) groups excluding carboxylic acids is 3. The van der Waals surface area contributed by atoms with Crippen molar-refractivity contribution in [1.29, 1.82) is 0 Å². The van der Waals surface area contributed by atoms with E-state index in [2.05, 4.69) is 5.32 Å². The predicted molar refractivity (Wildman–Crippen MR) is 101 cm³/mol. The summed E-state index contributed by atoms with van der Waals surface area (Å²) in [7, 11) is -3.05. The number of hydrogen-bond donors (Lipinski definition) is 1. The van der Waals surface area contributed by atoms with Gasteiger partial charge < -0.3 is 10.1 Å². The van der Waals surface area contributed by atoms with Crippen LogP contribution >= 0.6 is 0 Å². The molecule has 8 heteroatoms. The molecule has 1 N–H and O–H groups in total. The molecule has 1 aromatic carbocycles. The Balaban J connectivity index is 1.89. The van der Waals surface area contributed by atoms with Crippen molar-refractivity contribution in [2.24, 2.45) is 11.8 Å². The average Bonchev–Trinajstić information content (AvgIpc) is 2.93. The van der Waals surface area contributed by atoms with Crippen molar-refractivity contribution in [3.05, 3.63) is 29.8 Å². The van der Waals surface area contributed by atoms with E-state index in [0.29, 0.717) is 17.7 Å². The normalized spacial score (nSPS) is 19.5. The first-order chi connectivity index (χ1) is 12.6. The minimum Gasteiger partial charge on any atom is -0.454 e. The van der Waals surface area contributed by atoms with Gasteiger partial charge in [0.1, 0.15) is 0 Å². The molecule has 2 atom stereocenters. The zero-order chi connectivity index (χ0) is 20.2. The van der Waals surface area contributed by atoms with Gasteiger partial charge in [0.25, 0.3) is 0 Å². The fourth-order valence-corrected chi connectivity index (χ4v) is 4.67. The molecule has 7 nitrogen and oxygen atoms in total. The summed E-state index contributed by atoms with van der Waals surface area (Å²) < 4.78 is 28.0. The van der Waals surface area contributed by atoms with E-state index in [9.17, 15) is 22.8 Å². The Bertz CT molecular complexity index is 813. The number of rotatable bonds is 7. The molecule has 1 fully saturated rings. The summed E-state index contributed by atoms with van der Waals surface area (Å²) in [6, 6.07) is 6.36. The van der Waals surface area contributed by atoms with E-state index in [4.69, 9.17) is 4.74 Å². The van der Waals surface area contributed by atoms with Gasteiger partial charge in [-0.25, -0.2) is 8.42 Å². The first-order valence-electron chi connectivity index (χ1n) is 8.92. The molecule has 27 heavy (non-hydrogen) atoms. The second-order valence-corrected chi connectivity index (χ2v) is 9.42. The van der Waals surface area contributed by atoms with Gasteiger partial charge in [0.15, 0.2) is 15.9 Å². The number of hydrogen-bond acceptors (Lipinski definition) is 6. The van der Waals surface area contributed by atoms with E-state index in [1.165, 1.54) is 6.92 Å². The van der Waals surface area contributed by atoms with Gasteiger partial charge in [-0.2, -0.15) is 0 Å². The third kappa shape index (κ3) is 6.16. The van der Waals surface area contributed by atoms with Crippen molar-refractivity contribution in [2.45, 2.75) is 39.7 Å². The van der Waals surface area contributed by atoms with Crippen LogP contribution in [0.2, 0.25) is 0 Å². The molecule has 0 aromatic heterocycles. The smallest absolute Gasteiger partial charge is 0.306 e. The Kier molecular flexibility index (Phi) is 6.75. The maximum atomic E-state index is 12.4. The fraction of sp³-hybridized carbons (Fsp3) is 0.526. The molecule has 1 aromatic rings. The summed E-state index contributed by atoms with van der Waals surface area (Å²) in [5.74, 6) is -1.35. The number of nitrogens with one attached hydrogen (secondary N) is 1. The summed E-state index contributed by atoms with van der Waals surface area (Å²) in [6.07, 6.45) is -0.521. The number of sulfone groups is 1. The molecule has 0 radical (unpaired) electrons. The quantitative estimate of drug-likeness (QED) is 0.560. The fourth-order valence-electron chi connectivity index (χ4n) is 2.81. The number of ether oxygens (including phenoxy) is 1. The van der Waals surface area contributed by atoms with E-state index in [0.717, 1.165) is 0 Å². The lowest BCUT2D eigenvalue weighted by atomic mass is 10.0. The zero-order valence-corrected chi connectivity index (χ0v) is 16.5. The first-order valence-corrected chi connectivity index (χ1v) is 10.7. The maximum absolute atomic E-state index is 12.4. The van der Waals surface area contributed by atoms with E-state index < -0.39 is 21.9 Å². The van der Waals surface area contributed by atoms with E-state index in [1.807, 2.05) is 0 Å². The molecule has 1 aliphatic heterocycles. The predicted octanol–water partition coefficient (Wildman–Crippen LogP) is 2.22. The number of amides is 1. The van der Waals surface area contributed by atoms with Crippen LogP contribution in [0.3, 0.4) is 0 Å². The van der Waals surface area contributed by atoms with E-state index in [-0.39, 0.29) is 41.5 Å². The molecule has 1 heterocycles. The van der Waals surface area contributed by atoms with Crippen LogP contribution in [0.1, 0.15) is 44.0 Å². The zero-order valence-electron chi connectivity index (χ0n) is 15.7. The lowest BCUT2D eigenvalue weighted by Crippen LogP contribution is -2.25. The van der Waals surface area contributed by atoms with Crippen LogP contribution < -0.4 is 5.32 Å². The molecule has 2 rings (SSSR count). The highest BCUT2D eigenvalue weighted by molar-refractivity contribution is 7.91. The highest BCUT2D eigenvalue weighted by Gasteiger charge is 2.31. The third-order valence-corrected chi connectivity index (χ3v) is 6.26. The van der Waals surface area contributed by atoms with Gasteiger partial charge in [-0.3, -0.25) is 14.4 Å². The SMILES string of the molecule is CC(C)C(=O)Nc1ccc(C(=O)[C@H](C)OC(=O)C[C@@H]2CCS(=O)(=O)C2)cc1. The molecule has 148 valence electrons. The summed E-state index contributed by atoms with van der Waals surface area (Å²) in [4.78, 5) is 36.1. The van der Waals surface area contributed by atoms with Gasteiger partial charge >= 0.3 is 5.97 Å². The van der Waals surface area contributed by atoms with Crippen molar-refractivity contribution in [3.8, 4) is 0 Å². The topological polar surface area (TPSA) is 107 Å². The minimum atomic E-state index is -3.05. The summed E-state index contributed by atoms with van der Waals surface area (Å²) in [6.45, 7) is 5.05. The maximum Gasteiger partial charge on any atom is 0.306 e. The van der Waals surface area contributed by atoms with Gasteiger partial charge in [-0.15, -0.1) is 0 Å². The molecule has 0 spiro atoms. The number of esters is 1. The van der Waals surface area contributed by atoms with E-state index in [1.54, 1.807) is 38.1 Å².